The summed E-state index contributed by atoms with van der Waals surface area (Å²) in [6, 6.07) is 7.70. The van der Waals surface area contributed by atoms with Crippen molar-refractivity contribution in [3.8, 4) is 5.75 Å². The summed E-state index contributed by atoms with van der Waals surface area (Å²) in [6.07, 6.45) is 3.46. The molecule has 1 fully saturated rings. The van der Waals surface area contributed by atoms with Crippen molar-refractivity contribution in [2.75, 3.05) is 46.2 Å². The van der Waals surface area contributed by atoms with Crippen molar-refractivity contribution in [2.45, 2.75) is 38.1 Å². The second-order valence-electron chi connectivity index (χ2n) is 8.30. The van der Waals surface area contributed by atoms with Gasteiger partial charge in [-0.1, -0.05) is 12.1 Å². The zero-order valence-corrected chi connectivity index (χ0v) is 18.1. The van der Waals surface area contributed by atoms with Crippen LogP contribution in [-0.4, -0.2) is 66.5 Å². The molecule has 1 saturated heterocycles. The number of nitrogens with one attached hydrogen (secondary N) is 1. The molecule has 7 nitrogen and oxygen atoms in total. The topological polar surface area (TPSA) is 70.6 Å². The van der Waals surface area contributed by atoms with Gasteiger partial charge in [0.05, 0.1) is 25.8 Å². The fourth-order valence-electron chi connectivity index (χ4n) is 4.46. The van der Waals surface area contributed by atoms with Crippen LogP contribution in [0.1, 0.15) is 41.4 Å². The van der Waals surface area contributed by atoms with Gasteiger partial charge in [-0.05, 0) is 50.6 Å². The van der Waals surface area contributed by atoms with E-state index < -0.39 is 0 Å². The highest BCUT2D eigenvalue weighted by Gasteiger charge is 2.28. The van der Waals surface area contributed by atoms with Crippen LogP contribution in [0.25, 0.3) is 0 Å². The molecule has 4 rings (SSSR count). The van der Waals surface area contributed by atoms with Gasteiger partial charge in [0.1, 0.15) is 17.4 Å². The Morgan fingerprint density at radius 3 is 2.73 bits per heavy atom. The molecule has 30 heavy (non-hydrogen) atoms. The summed E-state index contributed by atoms with van der Waals surface area (Å²) >= 11 is 0. The summed E-state index contributed by atoms with van der Waals surface area (Å²) in [7, 11) is 5.72. The molecule has 2 aliphatic heterocycles. The number of likely N-dealkylation sites (N-methyl/N-ethyl adjacent to an activating group) is 1. The van der Waals surface area contributed by atoms with E-state index in [2.05, 4.69) is 17.3 Å². The largest absolute Gasteiger partial charge is 0.497 e. The third-order valence-electron chi connectivity index (χ3n) is 6.18. The number of carbonyl (C=O) groups is 1. The molecular weight excluding hydrogens is 378 g/mol. The Balaban J connectivity index is 1.51. The number of anilines is 1. The van der Waals surface area contributed by atoms with E-state index in [1.807, 2.05) is 36.2 Å². The number of nitrogens with zero attached hydrogens (tertiary/aromatic N) is 4. The average Bonchev–Trinajstić information content (AvgIpc) is 2.78. The molecule has 1 amide bonds. The Kier molecular flexibility index (Phi) is 6.18. The summed E-state index contributed by atoms with van der Waals surface area (Å²) in [5, 5.41) is 3.26. The first-order valence-electron chi connectivity index (χ1n) is 10.7. The van der Waals surface area contributed by atoms with Crippen LogP contribution in [0.15, 0.2) is 24.3 Å². The first-order chi connectivity index (χ1) is 14.6. The van der Waals surface area contributed by atoms with E-state index in [9.17, 15) is 4.79 Å². The summed E-state index contributed by atoms with van der Waals surface area (Å²) in [5.41, 5.74) is 3.14. The van der Waals surface area contributed by atoms with Crippen molar-refractivity contribution in [1.82, 2.24) is 19.8 Å². The number of methoxy groups -OCH3 is 1. The van der Waals surface area contributed by atoms with Crippen LogP contribution in [0.4, 0.5) is 5.82 Å². The predicted octanol–water partition coefficient (Wildman–Crippen LogP) is 2.46. The zero-order chi connectivity index (χ0) is 21.1. The Labute approximate surface area is 178 Å². The fraction of sp³-hybridized carbons (Fsp3) is 0.522. The number of carbonyl (C=O) groups excluding carboxylic acids is 1. The van der Waals surface area contributed by atoms with Gasteiger partial charge in [-0.15, -0.1) is 0 Å². The number of rotatable bonds is 5. The summed E-state index contributed by atoms with van der Waals surface area (Å²) in [5.74, 6) is 3.12. The normalized spacial score (nSPS) is 19.3. The van der Waals surface area contributed by atoms with Crippen molar-refractivity contribution >= 4 is 11.7 Å². The third-order valence-corrected chi connectivity index (χ3v) is 6.18. The second-order valence-corrected chi connectivity index (χ2v) is 8.30. The molecule has 0 unspecified atom stereocenters. The standard InChI is InChI=1S/C23H31N5O2/c1-24-23-19-10-12-28(21(29)13-16-6-8-18(30-3)9-7-16)15-20(19)25-22(26-23)17-5-4-11-27(2)14-17/h6-9,17H,4-5,10-15H2,1-3H3,(H,24,25,26)/t17-/m1/s1. The average molecular weight is 410 g/mol. The van der Waals surface area contributed by atoms with E-state index in [1.54, 1.807) is 7.11 Å². The van der Waals surface area contributed by atoms with E-state index in [-0.39, 0.29) is 5.91 Å². The summed E-state index contributed by atoms with van der Waals surface area (Å²) in [6.45, 7) is 3.37. The van der Waals surface area contributed by atoms with Gasteiger partial charge in [0.15, 0.2) is 0 Å². The minimum Gasteiger partial charge on any atom is -0.497 e. The Hall–Kier alpha value is -2.67. The van der Waals surface area contributed by atoms with Crippen LogP contribution in [0.2, 0.25) is 0 Å². The quantitative estimate of drug-likeness (QED) is 0.818. The molecule has 0 bridgehead atoms. The van der Waals surface area contributed by atoms with Gasteiger partial charge in [0.25, 0.3) is 0 Å². The number of ether oxygens (including phenoxy) is 1. The molecular formula is C23H31N5O2. The van der Waals surface area contributed by atoms with Crippen LogP contribution in [0.5, 0.6) is 5.75 Å². The maximum absolute atomic E-state index is 12.9. The summed E-state index contributed by atoms with van der Waals surface area (Å²) < 4.78 is 5.20. The van der Waals surface area contributed by atoms with Crippen molar-refractivity contribution in [3.05, 3.63) is 46.9 Å². The fourth-order valence-corrected chi connectivity index (χ4v) is 4.46. The lowest BCUT2D eigenvalue weighted by Crippen LogP contribution is -2.38. The van der Waals surface area contributed by atoms with E-state index >= 15 is 0 Å². The first kappa shape index (κ1) is 20.6. The van der Waals surface area contributed by atoms with Crippen LogP contribution in [0.3, 0.4) is 0 Å². The van der Waals surface area contributed by atoms with E-state index in [4.69, 9.17) is 14.7 Å². The van der Waals surface area contributed by atoms with Gasteiger partial charge < -0.3 is 19.9 Å². The maximum Gasteiger partial charge on any atom is 0.227 e. The molecule has 160 valence electrons. The monoisotopic (exact) mass is 409 g/mol. The van der Waals surface area contributed by atoms with E-state index in [0.29, 0.717) is 25.4 Å². The molecule has 1 N–H and O–H groups in total. The number of amides is 1. The number of fused-ring (bicyclic) bond motifs is 1. The minimum absolute atomic E-state index is 0.134. The van der Waals surface area contributed by atoms with Gasteiger partial charge in [0.2, 0.25) is 5.91 Å². The maximum atomic E-state index is 12.9. The molecule has 0 saturated carbocycles. The zero-order valence-electron chi connectivity index (χ0n) is 18.1. The van der Waals surface area contributed by atoms with Crippen LogP contribution in [0, 0.1) is 0 Å². The van der Waals surface area contributed by atoms with Gasteiger partial charge in [-0.3, -0.25) is 4.79 Å². The van der Waals surface area contributed by atoms with Crippen LogP contribution >= 0.6 is 0 Å². The minimum atomic E-state index is 0.134. The molecule has 7 heteroatoms. The molecule has 2 aliphatic rings. The molecule has 0 radical (unpaired) electrons. The van der Waals surface area contributed by atoms with Gasteiger partial charge >= 0.3 is 0 Å². The number of benzene rings is 1. The van der Waals surface area contributed by atoms with Crippen LogP contribution < -0.4 is 10.1 Å². The number of hydrogen-bond acceptors (Lipinski definition) is 6. The first-order valence-corrected chi connectivity index (χ1v) is 10.7. The number of hydrogen-bond donors (Lipinski definition) is 1. The smallest absolute Gasteiger partial charge is 0.227 e. The van der Waals surface area contributed by atoms with E-state index in [1.165, 1.54) is 6.42 Å². The molecule has 1 atom stereocenters. The van der Waals surface area contributed by atoms with E-state index in [0.717, 1.165) is 60.1 Å². The molecule has 3 heterocycles. The lowest BCUT2D eigenvalue weighted by atomic mass is 9.96. The Bertz CT molecular complexity index is 899. The van der Waals surface area contributed by atoms with Crippen molar-refractivity contribution < 1.29 is 9.53 Å². The highest BCUT2D eigenvalue weighted by atomic mass is 16.5. The van der Waals surface area contributed by atoms with Gasteiger partial charge in [0, 0.05) is 31.6 Å². The number of likely N-dealkylation sites (tertiary alicyclic amines) is 1. The molecule has 1 aromatic heterocycles. The van der Waals surface area contributed by atoms with Gasteiger partial charge in [-0.2, -0.15) is 0 Å². The molecule has 0 aliphatic carbocycles. The molecule has 0 spiro atoms. The van der Waals surface area contributed by atoms with Gasteiger partial charge in [-0.25, -0.2) is 9.97 Å². The highest BCUT2D eigenvalue weighted by Crippen LogP contribution is 2.29. The highest BCUT2D eigenvalue weighted by molar-refractivity contribution is 5.79. The third kappa shape index (κ3) is 4.41. The number of aromatic nitrogens is 2. The van der Waals surface area contributed by atoms with Crippen molar-refractivity contribution in [2.24, 2.45) is 0 Å². The van der Waals surface area contributed by atoms with Crippen molar-refractivity contribution in [1.29, 1.82) is 0 Å². The molecule has 1 aromatic carbocycles. The lowest BCUT2D eigenvalue weighted by molar-refractivity contribution is -0.131. The Morgan fingerprint density at radius 2 is 2.03 bits per heavy atom. The predicted molar refractivity (Wildman–Crippen MR) is 117 cm³/mol. The van der Waals surface area contributed by atoms with Crippen LogP contribution in [-0.2, 0) is 24.2 Å². The number of piperidine rings is 1. The molecule has 2 aromatic rings. The lowest BCUT2D eigenvalue weighted by Gasteiger charge is -2.32. The van der Waals surface area contributed by atoms with Crippen molar-refractivity contribution in [3.63, 3.8) is 0 Å². The summed E-state index contributed by atoms with van der Waals surface area (Å²) in [4.78, 5) is 27.0. The Morgan fingerprint density at radius 1 is 1.23 bits per heavy atom. The SMILES string of the molecule is CNc1nc([C@@H]2CCCN(C)C2)nc2c1CCN(C(=O)Cc1ccc(OC)cc1)C2. The second kappa shape index (κ2) is 9.00.